The first-order valence-corrected chi connectivity index (χ1v) is 5.35. The van der Waals surface area contributed by atoms with Gasteiger partial charge >= 0.3 is 0 Å². The fourth-order valence-electron chi connectivity index (χ4n) is 1.77. The van der Waals surface area contributed by atoms with Crippen molar-refractivity contribution in [3.63, 3.8) is 0 Å². The molecule has 2 rings (SSSR count). The zero-order valence-corrected chi connectivity index (χ0v) is 9.51. The fourth-order valence-corrected chi connectivity index (χ4v) is 1.77. The van der Waals surface area contributed by atoms with Gasteiger partial charge in [-0.1, -0.05) is 24.3 Å². The molecule has 1 aromatic carbocycles. The minimum absolute atomic E-state index is 0.638. The molecule has 1 N–H and O–H groups in total. The molecule has 0 radical (unpaired) electrons. The first-order chi connectivity index (χ1) is 7.70. The Hall–Kier alpha value is -1.67. The Morgan fingerprint density at radius 1 is 1.06 bits per heavy atom. The van der Waals surface area contributed by atoms with Crippen molar-refractivity contribution < 1.29 is 5.11 Å². The number of aliphatic hydroxyl groups excluding tert-OH is 1. The van der Waals surface area contributed by atoms with Crippen molar-refractivity contribution >= 4 is 0 Å². The summed E-state index contributed by atoms with van der Waals surface area (Å²) in [4.78, 5) is 4.18. The van der Waals surface area contributed by atoms with Crippen LogP contribution in [0.2, 0.25) is 0 Å². The molecule has 2 nitrogen and oxygen atoms in total. The predicted octanol–water partition coefficient (Wildman–Crippen LogP) is 2.78. The lowest BCUT2D eigenvalue weighted by molar-refractivity contribution is 0.214. The summed E-state index contributed by atoms with van der Waals surface area (Å²) in [5.41, 5.74) is 3.93. The van der Waals surface area contributed by atoms with E-state index >= 15 is 0 Å². The largest absolute Gasteiger partial charge is 0.382 e. The van der Waals surface area contributed by atoms with Gasteiger partial charge in [0.05, 0.1) is 5.69 Å². The molecular formula is C14H15NO. The van der Waals surface area contributed by atoms with E-state index in [1.54, 1.807) is 6.20 Å². The molecule has 2 aromatic rings. The number of hydrogen-bond acceptors (Lipinski definition) is 2. The van der Waals surface area contributed by atoms with Gasteiger partial charge in [0.15, 0.2) is 0 Å². The Labute approximate surface area is 95.6 Å². The summed E-state index contributed by atoms with van der Waals surface area (Å²) in [6.07, 6.45) is 1.06. The molecule has 0 saturated carbocycles. The highest BCUT2D eigenvalue weighted by Crippen LogP contribution is 2.24. The van der Waals surface area contributed by atoms with E-state index in [0.29, 0.717) is 5.69 Å². The summed E-state index contributed by atoms with van der Waals surface area (Å²) in [7, 11) is 0. The lowest BCUT2D eigenvalue weighted by atomic mass is 9.97. The molecule has 0 aliphatic carbocycles. The number of aromatic nitrogens is 1. The Balaban J connectivity index is 2.42. The molecule has 1 aromatic heterocycles. The number of rotatable bonds is 2. The highest BCUT2D eigenvalue weighted by Gasteiger charge is 2.14. The lowest BCUT2D eigenvalue weighted by Crippen LogP contribution is -2.04. The highest BCUT2D eigenvalue weighted by atomic mass is 16.3. The maximum Gasteiger partial charge on any atom is 0.121 e. The molecule has 0 unspecified atom stereocenters. The van der Waals surface area contributed by atoms with E-state index in [2.05, 4.69) is 4.98 Å². The third-order valence-electron chi connectivity index (χ3n) is 2.91. The molecule has 82 valence electrons. The standard InChI is InChI=1S/C14H15NO/c1-10-6-5-7-12(11(10)2)14(16)13-8-3-4-9-15-13/h3-9,14,16H,1-2H3/t14-/m0/s1. The average molecular weight is 213 g/mol. The van der Waals surface area contributed by atoms with E-state index < -0.39 is 6.10 Å². The van der Waals surface area contributed by atoms with Crippen LogP contribution >= 0.6 is 0 Å². The molecule has 1 atom stereocenters. The highest BCUT2D eigenvalue weighted by molar-refractivity contribution is 5.37. The van der Waals surface area contributed by atoms with Crippen LogP contribution in [-0.4, -0.2) is 10.1 Å². The monoisotopic (exact) mass is 213 g/mol. The minimum Gasteiger partial charge on any atom is -0.382 e. The van der Waals surface area contributed by atoms with Gasteiger partial charge in [0.1, 0.15) is 6.10 Å². The zero-order chi connectivity index (χ0) is 11.5. The molecule has 0 spiro atoms. The first-order valence-electron chi connectivity index (χ1n) is 5.35. The van der Waals surface area contributed by atoms with Crippen LogP contribution in [0.1, 0.15) is 28.5 Å². The van der Waals surface area contributed by atoms with Crippen LogP contribution in [0.5, 0.6) is 0 Å². The van der Waals surface area contributed by atoms with Gasteiger partial charge in [-0.05, 0) is 42.7 Å². The molecule has 0 fully saturated rings. The van der Waals surface area contributed by atoms with Gasteiger partial charge in [-0.15, -0.1) is 0 Å². The normalized spacial score (nSPS) is 12.4. The molecule has 1 heterocycles. The van der Waals surface area contributed by atoms with Gasteiger partial charge in [-0.25, -0.2) is 0 Å². The molecule has 0 aliphatic rings. The SMILES string of the molecule is Cc1cccc([C@H](O)c2ccccn2)c1C. The summed E-state index contributed by atoms with van der Waals surface area (Å²) < 4.78 is 0. The van der Waals surface area contributed by atoms with Gasteiger partial charge in [0, 0.05) is 6.20 Å². The molecule has 16 heavy (non-hydrogen) atoms. The summed E-state index contributed by atoms with van der Waals surface area (Å²) in [5.74, 6) is 0. The quantitative estimate of drug-likeness (QED) is 0.832. The lowest BCUT2D eigenvalue weighted by Gasteiger charge is -2.14. The van der Waals surface area contributed by atoms with E-state index in [1.165, 1.54) is 5.56 Å². The number of aryl methyl sites for hydroxylation is 1. The van der Waals surface area contributed by atoms with Crippen molar-refractivity contribution in [3.8, 4) is 0 Å². The number of hydrogen-bond donors (Lipinski definition) is 1. The second-order valence-corrected chi connectivity index (χ2v) is 3.95. The second kappa shape index (κ2) is 4.45. The van der Waals surface area contributed by atoms with Crippen molar-refractivity contribution in [1.82, 2.24) is 4.98 Å². The predicted molar refractivity (Wildman–Crippen MR) is 64.2 cm³/mol. The van der Waals surface area contributed by atoms with E-state index in [4.69, 9.17) is 0 Å². The Morgan fingerprint density at radius 3 is 2.56 bits per heavy atom. The molecule has 2 heteroatoms. The van der Waals surface area contributed by atoms with Crippen LogP contribution < -0.4 is 0 Å². The minimum atomic E-state index is -0.638. The smallest absolute Gasteiger partial charge is 0.121 e. The van der Waals surface area contributed by atoms with Gasteiger partial charge < -0.3 is 5.11 Å². The van der Waals surface area contributed by atoms with E-state index in [0.717, 1.165) is 11.1 Å². The van der Waals surface area contributed by atoms with Crippen molar-refractivity contribution in [2.24, 2.45) is 0 Å². The summed E-state index contributed by atoms with van der Waals surface area (Å²) >= 11 is 0. The Morgan fingerprint density at radius 2 is 1.88 bits per heavy atom. The van der Waals surface area contributed by atoms with Gasteiger partial charge in [-0.3, -0.25) is 4.98 Å². The summed E-state index contributed by atoms with van der Waals surface area (Å²) in [6.45, 7) is 4.07. The van der Waals surface area contributed by atoms with Crippen LogP contribution in [0.4, 0.5) is 0 Å². The van der Waals surface area contributed by atoms with E-state index in [9.17, 15) is 5.11 Å². The van der Waals surface area contributed by atoms with E-state index in [-0.39, 0.29) is 0 Å². The molecule has 0 aliphatic heterocycles. The first kappa shape index (κ1) is 10.8. The van der Waals surface area contributed by atoms with Crippen molar-refractivity contribution in [2.45, 2.75) is 20.0 Å². The van der Waals surface area contributed by atoms with Crippen LogP contribution in [0.15, 0.2) is 42.6 Å². The number of nitrogens with zero attached hydrogens (tertiary/aromatic N) is 1. The fraction of sp³-hybridized carbons (Fsp3) is 0.214. The molecule has 0 amide bonds. The van der Waals surface area contributed by atoms with Gasteiger partial charge in [0.2, 0.25) is 0 Å². The number of pyridine rings is 1. The average Bonchev–Trinajstić information content (AvgIpc) is 2.33. The maximum atomic E-state index is 10.2. The molecule has 0 saturated heterocycles. The molecular weight excluding hydrogens is 198 g/mol. The van der Waals surface area contributed by atoms with Crippen molar-refractivity contribution in [2.75, 3.05) is 0 Å². The van der Waals surface area contributed by atoms with E-state index in [1.807, 2.05) is 50.2 Å². The van der Waals surface area contributed by atoms with Gasteiger partial charge in [-0.2, -0.15) is 0 Å². The summed E-state index contributed by atoms with van der Waals surface area (Å²) in [5, 5.41) is 10.2. The number of benzene rings is 1. The zero-order valence-electron chi connectivity index (χ0n) is 9.51. The topological polar surface area (TPSA) is 33.1 Å². The molecule has 0 bridgehead atoms. The van der Waals surface area contributed by atoms with Crippen molar-refractivity contribution in [3.05, 3.63) is 65.0 Å². The third-order valence-corrected chi connectivity index (χ3v) is 2.91. The van der Waals surface area contributed by atoms with Crippen LogP contribution in [0, 0.1) is 13.8 Å². The number of aliphatic hydroxyl groups is 1. The van der Waals surface area contributed by atoms with Crippen LogP contribution in [0.3, 0.4) is 0 Å². The maximum absolute atomic E-state index is 10.2. The third kappa shape index (κ3) is 1.97. The van der Waals surface area contributed by atoms with Gasteiger partial charge in [0.25, 0.3) is 0 Å². The Kier molecular flexibility index (Phi) is 3.02. The van der Waals surface area contributed by atoms with Crippen LogP contribution in [0.25, 0.3) is 0 Å². The van der Waals surface area contributed by atoms with Crippen molar-refractivity contribution in [1.29, 1.82) is 0 Å². The second-order valence-electron chi connectivity index (χ2n) is 3.95. The summed E-state index contributed by atoms with van der Waals surface area (Å²) in [6, 6.07) is 11.5. The van der Waals surface area contributed by atoms with Crippen LogP contribution in [-0.2, 0) is 0 Å². The Bertz CT molecular complexity index is 479.